The van der Waals surface area contributed by atoms with Gasteiger partial charge in [0.2, 0.25) is 0 Å². The number of carboxylic acids is 1. The standard InChI is InChI=1S/C32H31N4O2.Zn/c1-8-21-18(5)26-12-24-16(3)17(4)25(33-24)13-31-23(10-11-32(37)38)20(7)28(36-31)15-30-22(9-2)19(6)27(35-30)14-29(21)34-26;/h8-9,12-15H,1-2,10-11H2,3-7H3,(H2-,33,34,35,36,37,38);/q-1;+2/p-1. The Morgan fingerprint density at radius 2 is 1.28 bits per heavy atom. The van der Waals surface area contributed by atoms with Crippen molar-refractivity contribution in [3.63, 3.8) is 0 Å². The van der Waals surface area contributed by atoms with Gasteiger partial charge in [-0.3, -0.25) is 4.79 Å². The molecule has 6 nitrogen and oxygen atoms in total. The first kappa shape index (κ1) is 28.2. The SMILES string of the molecule is C=CC1=C(C)c2cc3[n-]c(cc4nc(cc5[n-]c(cc1n2)c(C)c5C=C)C(C)=C4CCC(=O)O)c(C)c3C.[Zn+2]. The van der Waals surface area contributed by atoms with Crippen LogP contribution in [-0.2, 0) is 24.3 Å². The van der Waals surface area contributed by atoms with E-state index in [2.05, 4.69) is 20.1 Å². The summed E-state index contributed by atoms with van der Waals surface area (Å²) in [6, 6.07) is 7.95. The van der Waals surface area contributed by atoms with E-state index in [0.717, 1.165) is 89.4 Å². The van der Waals surface area contributed by atoms with E-state index in [4.69, 9.17) is 19.9 Å². The van der Waals surface area contributed by atoms with Gasteiger partial charge in [0.05, 0.1) is 22.8 Å². The Morgan fingerprint density at radius 1 is 0.769 bits per heavy atom. The van der Waals surface area contributed by atoms with Gasteiger partial charge in [0, 0.05) is 12.0 Å². The van der Waals surface area contributed by atoms with Crippen LogP contribution in [0.4, 0.5) is 0 Å². The largest absolute Gasteiger partial charge is 2.00 e. The first-order chi connectivity index (χ1) is 18.1. The Balaban J connectivity index is 0.00000353. The molecule has 0 aromatic carbocycles. The van der Waals surface area contributed by atoms with Gasteiger partial charge in [0.15, 0.2) is 0 Å². The van der Waals surface area contributed by atoms with Gasteiger partial charge in [-0.25, -0.2) is 9.97 Å². The van der Waals surface area contributed by atoms with Crippen molar-refractivity contribution in [3.05, 3.63) is 88.5 Å². The third-order valence-electron chi connectivity index (χ3n) is 7.66. The molecule has 0 amide bonds. The summed E-state index contributed by atoms with van der Waals surface area (Å²) < 4.78 is 0. The van der Waals surface area contributed by atoms with Crippen LogP contribution in [0, 0.1) is 20.8 Å². The fraction of sp³-hybridized carbons (Fsp3) is 0.219. The molecule has 1 N–H and O–H groups in total. The summed E-state index contributed by atoms with van der Waals surface area (Å²) in [5.41, 5.74) is 14.4. The zero-order valence-corrected chi connectivity index (χ0v) is 26.1. The molecule has 0 radical (unpaired) electrons. The van der Waals surface area contributed by atoms with Crippen molar-refractivity contribution >= 4 is 56.4 Å². The fourth-order valence-corrected chi connectivity index (χ4v) is 5.14. The molecule has 0 spiro atoms. The minimum absolute atomic E-state index is 0. The van der Waals surface area contributed by atoms with E-state index >= 15 is 0 Å². The van der Waals surface area contributed by atoms with Crippen molar-refractivity contribution in [1.82, 2.24) is 19.9 Å². The summed E-state index contributed by atoms with van der Waals surface area (Å²) in [6.45, 7) is 18.2. The van der Waals surface area contributed by atoms with Crippen LogP contribution in [0.1, 0.15) is 71.7 Å². The maximum Gasteiger partial charge on any atom is 2.00 e. The molecular formula is C32H30N4O2Zn. The molecule has 5 heterocycles. The zero-order valence-electron chi connectivity index (χ0n) is 23.1. The quantitative estimate of drug-likeness (QED) is 0.332. The van der Waals surface area contributed by atoms with Crippen molar-refractivity contribution in [3.8, 4) is 0 Å². The van der Waals surface area contributed by atoms with Crippen LogP contribution in [0.2, 0.25) is 0 Å². The number of rotatable bonds is 5. The zero-order chi connectivity index (χ0) is 27.3. The van der Waals surface area contributed by atoms with Crippen molar-refractivity contribution in [2.75, 3.05) is 0 Å². The average Bonchev–Trinajstić information content (AvgIpc) is 3.52. The summed E-state index contributed by atoms with van der Waals surface area (Å²) >= 11 is 0. The molecule has 0 saturated carbocycles. The first-order valence-electron chi connectivity index (χ1n) is 12.6. The molecule has 3 aromatic rings. The number of fused-ring (bicyclic) bond motifs is 8. The number of aryl methyl sites for hydroxylation is 3. The molecule has 0 saturated heterocycles. The van der Waals surface area contributed by atoms with Crippen LogP contribution in [-0.4, -0.2) is 21.0 Å². The first-order valence-corrected chi connectivity index (χ1v) is 12.6. The van der Waals surface area contributed by atoms with E-state index in [1.807, 2.05) is 64.1 Å². The molecule has 2 aliphatic rings. The van der Waals surface area contributed by atoms with E-state index < -0.39 is 5.97 Å². The second-order valence-corrected chi connectivity index (χ2v) is 9.84. The molecule has 0 aliphatic carbocycles. The number of hydrogen-bond acceptors (Lipinski definition) is 3. The Hall–Kier alpha value is -3.83. The van der Waals surface area contributed by atoms with E-state index in [9.17, 15) is 9.90 Å². The van der Waals surface area contributed by atoms with E-state index in [1.165, 1.54) is 0 Å². The van der Waals surface area contributed by atoms with E-state index in [0.29, 0.717) is 6.42 Å². The summed E-state index contributed by atoms with van der Waals surface area (Å²) in [6.07, 6.45) is 4.07. The number of nitrogens with zero attached hydrogens (tertiary/aromatic N) is 4. The van der Waals surface area contributed by atoms with Gasteiger partial charge in [-0.15, -0.1) is 22.1 Å². The molecule has 3 aromatic heterocycles. The number of aliphatic carboxylic acids is 1. The van der Waals surface area contributed by atoms with Gasteiger partial charge >= 0.3 is 25.4 Å². The van der Waals surface area contributed by atoms with E-state index in [-0.39, 0.29) is 25.9 Å². The number of aromatic nitrogens is 4. The van der Waals surface area contributed by atoms with Gasteiger partial charge in [0.25, 0.3) is 0 Å². The maximum atomic E-state index is 11.4. The van der Waals surface area contributed by atoms with Crippen molar-refractivity contribution in [2.24, 2.45) is 0 Å². The molecule has 0 unspecified atom stereocenters. The Labute approximate surface area is 241 Å². The van der Waals surface area contributed by atoms with Crippen LogP contribution < -0.4 is 9.97 Å². The third-order valence-corrected chi connectivity index (χ3v) is 7.66. The fourth-order valence-electron chi connectivity index (χ4n) is 5.14. The Kier molecular flexibility index (Phi) is 7.76. The minimum Gasteiger partial charge on any atom is -0.657 e. The summed E-state index contributed by atoms with van der Waals surface area (Å²) in [5.74, 6) is -0.839. The van der Waals surface area contributed by atoms with Crippen LogP contribution in [0.25, 0.3) is 50.4 Å². The Morgan fingerprint density at radius 3 is 1.90 bits per heavy atom. The molecule has 7 heteroatoms. The van der Waals surface area contributed by atoms with Crippen LogP contribution >= 0.6 is 0 Å². The molecule has 2 aliphatic heterocycles. The molecular weight excluding hydrogens is 538 g/mol. The molecule has 0 fully saturated rings. The van der Waals surface area contributed by atoms with Crippen molar-refractivity contribution < 1.29 is 29.4 Å². The second-order valence-electron chi connectivity index (χ2n) is 9.84. The van der Waals surface area contributed by atoms with Gasteiger partial charge in [0.1, 0.15) is 0 Å². The summed E-state index contributed by atoms with van der Waals surface area (Å²) in [4.78, 5) is 31.2. The molecule has 0 atom stereocenters. The molecule has 39 heavy (non-hydrogen) atoms. The van der Waals surface area contributed by atoms with Crippen molar-refractivity contribution in [2.45, 2.75) is 47.5 Å². The molecule has 5 rings (SSSR count). The topological polar surface area (TPSA) is 91.3 Å². The van der Waals surface area contributed by atoms with Gasteiger partial charge in [-0.2, -0.15) is 0 Å². The number of carboxylic acid groups (broad SMARTS) is 1. The summed E-state index contributed by atoms with van der Waals surface area (Å²) in [5, 5.41) is 9.37. The summed E-state index contributed by atoms with van der Waals surface area (Å²) in [7, 11) is 0. The van der Waals surface area contributed by atoms with Crippen LogP contribution in [0.3, 0.4) is 0 Å². The molecule has 192 valence electrons. The molecule has 8 bridgehead atoms. The van der Waals surface area contributed by atoms with Crippen LogP contribution in [0.15, 0.2) is 43.5 Å². The Bertz CT molecular complexity index is 1780. The normalized spacial score (nSPS) is 12.9. The predicted octanol–water partition coefficient (Wildman–Crippen LogP) is 7.05. The predicted molar refractivity (Wildman–Crippen MR) is 155 cm³/mol. The van der Waals surface area contributed by atoms with Gasteiger partial charge < -0.3 is 15.1 Å². The minimum atomic E-state index is -0.839. The van der Waals surface area contributed by atoms with Crippen molar-refractivity contribution in [1.29, 1.82) is 0 Å². The number of carbonyl (C=O) groups is 1. The maximum absolute atomic E-state index is 11.4. The van der Waals surface area contributed by atoms with Gasteiger partial charge in [-0.1, -0.05) is 66.3 Å². The number of hydrogen-bond donors (Lipinski definition) is 1. The second kappa shape index (κ2) is 10.7. The van der Waals surface area contributed by atoms with E-state index in [1.54, 1.807) is 0 Å². The van der Waals surface area contributed by atoms with Gasteiger partial charge in [-0.05, 0) is 63.3 Å². The third kappa shape index (κ3) is 4.88. The average molecular weight is 568 g/mol. The monoisotopic (exact) mass is 566 g/mol. The number of allylic oxidation sites excluding steroid dienone is 5. The smallest absolute Gasteiger partial charge is 0.657 e. The van der Waals surface area contributed by atoms with Crippen LogP contribution in [0.5, 0.6) is 0 Å².